The second kappa shape index (κ2) is 3.53. The van der Waals surface area contributed by atoms with Crippen molar-refractivity contribution in [3.8, 4) is 0 Å². The minimum absolute atomic E-state index is 0.153. The smallest absolute Gasteiger partial charge is 0.238 e. The molecule has 5 heteroatoms. The van der Waals surface area contributed by atoms with Crippen LogP contribution in [-0.2, 0) is 9.59 Å². The fraction of sp³-hybridized carbons (Fsp3) is 0.385. The van der Waals surface area contributed by atoms with Gasteiger partial charge in [-0.15, -0.1) is 0 Å². The van der Waals surface area contributed by atoms with Crippen molar-refractivity contribution in [2.24, 2.45) is 17.3 Å². The van der Waals surface area contributed by atoms with Gasteiger partial charge >= 0.3 is 0 Å². The number of fused-ring (bicyclic) bond motifs is 1. The Bertz CT molecular complexity index is 560. The second-order valence-electron chi connectivity index (χ2n) is 5.38. The molecule has 18 heavy (non-hydrogen) atoms. The number of halogens is 2. The summed E-state index contributed by atoms with van der Waals surface area (Å²) in [6.45, 7) is 3.87. The molecule has 2 fully saturated rings. The molecule has 2 atom stereocenters. The van der Waals surface area contributed by atoms with Gasteiger partial charge in [0, 0.05) is 3.57 Å². The molecule has 2 unspecified atom stereocenters. The number of carbonyl (C=O) groups excluding carboxylic acids is 2. The maximum absolute atomic E-state index is 13.0. The summed E-state index contributed by atoms with van der Waals surface area (Å²) in [6.07, 6.45) is 0. The lowest BCUT2D eigenvalue weighted by molar-refractivity contribution is -0.125. The highest BCUT2D eigenvalue weighted by Crippen LogP contribution is 2.63. The summed E-state index contributed by atoms with van der Waals surface area (Å²) in [5.41, 5.74) is 0.283. The predicted molar refractivity (Wildman–Crippen MR) is 72.4 cm³/mol. The lowest BCUT2D eigenvalue weighted by atomic mass is 10.1. The van der Waals surface area contributed by atoms with Crippen LogP contribution in [0.2, 0.25) is 0 Å². The Morgan fingerprint density at radius 2 is 1.78 bits per heavy atom. The van der Waals surface area contributed by atoms with Gasteiger partial charge in [-0.05, 0) is 46.2 Å². The molecule has 1 heterocycles. The molecule has 0 spiro atoms. The van der Waals surface area contributed by atoms with Gasteiger partial charge in [0.25, 0.3) is 0 Å². The van der Waals surface area contributed by atoms with E-state index in [4.69, 9.17) is 0 Å². The molecule has 1 aromatic rings. The van der Waals surface area contributed by atoms with Crippen molar-refractivity contribution in [1.29, 1.82) is 0 Å². The molecule has 1 saturated heterocycles. The van der Waals surface area contributed by atoms with Crippen LogP contribution in [0.1, 0.15) is 13.8 Å². The minimum Gasteiger partial charge on any atom is -0.274 e. The van der Waals surface area contributed by atoms with E-state index in [-0.39, 0.29) is 34.9 Å². The molecule has 1 aliphatic heterocycles. The van der Waals surface area contributed by atoms with Crippen LogP contribution in [0.4, 0.5) is 10.1 Å². The highest BCUT2D eigenvalue weighted by molar-refractivity contribution is 14.1. The first-order valence-corrected chi connectivity index (χ1v) is 6.76. The van der Waals surface area contributed by atoms with E-state index in [9.17, 15) is 14.0 Å². The van der Waals surface area contributed by atoms with Crippen molar-refractivity contribution in [2.75, 3.05) is 4.90 Å². The minimum atomic E-state index is -0.368. The zero-order chi connectivity index (χ0) is 13.2. The molecule has 0 radical (unpaired) electrons. The van der Waals surface area contributed by atoms with E-state index in [0.29, 0.717) is 9.26 Å². The van der Waals surface area contributed by atoms with Crippen LogP contribution in [0.3, 0.4) is 0 Å². The molecular formula is C13H11FINO2. The summed E-state index contributed by atoms with van der Waals surface area (Å²) in [4.78, 5) is 25.6. The predicted octanol–water partition coefficient (Wildman–Crippen LogP) is 2.58. The molecule has 1 saturated carbocycles. The first-order valence-electron chi connectivity index (χ1n) is 5.68. The van der Waals surface area contributed by atoms with Crippen LogP contribution in [0, 0.1) is 26.6 Å². The van der Waals surface area contributed by atoms with E-state index >= 15 is 0 Å². The molecule has 0 bridgehead atoms. The summed E-state index contributed by atoms with van der Waals surface area (Å²) in [5.74, 6) is -1.08. The number of rotatable bonds is 1. The van der Waals surface area contributed by atoms with Gasteiger partial charge in [0.15, 0.2) is 0 Å². The van der Waals surface area contributed by atoms with Gasteiger partial charge in [-0.1, -0.05) is 13.8 Å². The zero-order valence-electron chi connectivity index (χ0n) is 9.91. The number of nitrogens with zero attached hydrogens (tertiary/aromatic N) is 1. The fourth-order valence-corrected chi connectivity index (χ4v) is 3.56. The van der Waals surface area contributed by atoms with Crippen molar-refractivity contribution in [1.82, 2.24) is 0 Å². The molecule has 2 aliphatic rings. The largest absolute Gasteiger partial charge is 0.274 e. The Morgan fingerprint density at radius 3 is 2.28 bits per heavy atom. The van der Waals surface area contributed by atoms with Crippen molar-refractivity contribution < 1.29 is 14.0 Å². The third-order valence-electron chi connectivity index (χ3n) is 3.95. The first kappa shape index (κ1) is 12.1. The van der Waals surface area contributed by atoms with Crippen LogP contribution < -0.4 is 4.90 Å². The number of carbonyl (C=O) groups is 2. The number of piperidine rings is 1. The average molecular weight is 359 g/mol. The van der Waals surface area contributed by atoms with Crippen molar-refractivity contribution in [2.45, 2.75) is 13.8 Å². The Morgan fingerprint density at radius 1 is 1.22 bits per heavy atom. The van der Waals surface area contributed by atoms with E-state index in [1.54, 1.807) is 0 Å². The van der Waals surface area contributed by atoms with E-state index < -0.39 is 0 Å². The first-order chi connectivity index (χ1) is 8.35. The number of hydrogen-bond donors (Lipinski definition) is 0. The molecule has 3 nitrogen and oxygen atoms in total. The summed E-state index contributed by atoms with van der Waals surface area (Å²) in [7, 11) is 0. The molecule has 2 amide bonds. The molecule has 3 rings (SSSR count). The number of benzene rings is 1. The number of hydrogen-bond acceptors (Lipinski definition) is 2. The van der Waals surface area contributed by atoms with Gasteiger partial charge < -0.3 is 0 Å². The van der Waals surface area contributed by atoms with Crippen LogP contribution in [0.5, 0.6) is 0 Å². The molecular weight excluding hydrogens is 348 g/mol. The third kappa shape index (κ3) is 1.39. The lowest BCUT2D eigenvalue weighted by Gasteiger charge is -2.21. The van der Waals surface area contributed by atoms with Gasteiger partial charge in [-0.2, -0.15) is 0 Å². The van der Waals surface area contributed by atoms with Crippen molar-refractivity contribution in [3.05, 3.63) is 27.6 Å². The van der Waals surface area contributed by atoms with Gasteiger partial charge in [0.2, 0.25) is 11.8 Å². The number of anilines is 1. The van der Waals surface area contributed by atoms with E-state index in [2.05, 4.69) is 0 Å². The summed E-state index contributed by atoms with van der Waals surface area (Å²) < 4.78 is 13.6. The van der Waals surface area contributed by atoms with Crippen molar-refractivity contribution >= 4 is 40.1 Å². The molecule has 94 valence electrons. The highest BCUT2D eigenvalue weighted by Gasteiger charge is 2.72. The molecule has 0 N–H and O–H groups in total. The van der Waals surface area contributed by atoms with E-state index in [1.165, 1.54) is 23.1 Å². The van der Waals surface area contributed by atoms with Gasteiger partial charge in [-0.25, -0.2) is 9.29 Å². The van der Waals surface area contributed by atoms with Crippen LogP contribution in [0.25, 0.3) is 0 Å². The Labute approximate surface area is 117 Å². The Hall–Kier alpha value is -0.980. The molecule has 0 aromatic heterocycles. The normalized spacial score (nSPS) is 28.6. The average Bonchev–Trinajstić information content (AvgIpc) is 2.72. The van der Waals surface area contributed by atoms with Gasteiger partial charge in [0.1, 0.15) is 5.82 Å². The maximum Gasteiger partial charge on any atom is 0.238 e. The second-order valence-corrected chi connectivity index (χ2v) is 6.55. The lowest BCUT2D eigenvalue weighted by Crippen LogP contribution is -2.36. The topological polar surface area (TPSA) is 37.4 Å². The Balaban J connectivity index is 2.01. The molecule has 1 aliphatic carbocycles. The maximum atomic E-state index is 13.0. The monoisotopic (exact) mass is 359 g/mol. The standard InChI is InChI=1S/C13H11FINO2/c1-13(2)9-10(13)12(18)16(11(9)17)8-4-3-6(14)5-7(8)15/h3-5,9-10H,1-2H3. The highest BCUT2D eigenvalue weighted by atomic mass is 127. The van der Waals surface area contributed by atoms with Crippen molar-refractivity contribution in [3.63, 3.8) is 0 Å². The van der Waals surface area contributed by atoms with E-state index in [1.807, 2.05) is 36.4 Å². The number of imide groups is 1. The van der Waals surface area contributed by atoms with Gasteiger partial charge in [-0.3, -0.25) is 9.59 Å². The van der Waals surface area contributed by atoms with Crippen LogP contribution >= 0.6 is 22.6 Å². The van der Waals surface area contributed by atoms with E-state index in [0.717, 1.165) is 0 Å². The summed E-state index contributed by atoms with van der Waals surface area (Å²) in [6, 6.07) is 4.09. The third-order valence-corrected chi connectivity index (χ3v) is 4.81. The fourth-order valence-electron chi connectivity index (χ4n) is 2.85. The molecule has 1 aromatic carbocycles. The zero-order valence-corrected chi connectivity index (χ0v) is 12.1. The van der Waals surface area contributed by atoms with Gasteiger partial charge in [0.05, 0.1) is 17.5 Å². The quantitative estimate of drug-likeness (QED) is 0.571. The Kier molecular flexibility index (Phi) is 2.36. The van der Waals surface area contributed by atoms with Crippen LogP contribution in [0.15, 0.2) is 18.2 Å². The summed E-state index contributed by atoms with van der Waals surface area (Å²) >= 11 is 1.94. The number of amides is 2. The SMILES string of the molecule is CC1(C)C2C(=O)N(c3ccc(F)cc3I)C(=O)C21. The van der Waals surface area contributed by atoms with Crippen LogP contribution in [-0.4, -0.2) is 11.8 Å². The summed E-state index contributed by atoms with van der Waals surface area (Å²) in [5, 5.41) is 0.